The van der Waals surface area contributed by atoms with Crippen LogP contribution in [-0.2, 0) is 13.0 Å². The Hall–Kier alpha value is -1.91. The molecule has 2 aromatic rings. The highest BCUT2D eigenvalue weighted by atomic mass is 15.2. The zero-order valence-corrected chi connectivity index (χ0v) is 14.7. The molecule has 3 heterocycles. The molecular weight excluding hydrogens is 296 g/mol. The molecule has 0 bridgehead atoms. The average molecular weight is 322 g/mol. The van der Waals surface area contributed by atoms with Gasteiger partial charge >= 0.3 is 0 Å². The third kappa shape index (κ3) is 3.04. The van der Waals surface area contributed by atoms with E-state index in [1.54, 1.807) is 0 Å². The van der Waals surface area contributed by atoms with Crippen molar-refractivity contribution in [1.29, 1.82) is 0 Å². The summed E-state index contributed by atoms with van der Waals surface area (Å²) in [7, 11) is 4.40. The van der Waals surface area contributed by atoms with Crippen LogP contribution in [0.4, 0.5) is 5.69 Å². The number of likely N-dealkylation sites (N-methyl/N-ethyl adjacent to an activating group) is 2. The Labute approximate surface area is 144 Å². The minimum absolute atomic E-state index is 0.405. The number of para-hydroxylation sites is 1. The molecule has 1 saturated heterocycles. The van der Waals surface area contributed by atoms with Crippen molar-refractivity contribution >= 4 is 5.69 Å². The molecule has 1 fully saturated rings. The van der Waals surface area contributed by atoms with Crippen LogP contribution in [0.3, 0.4) is 0 Å². The summed E-state index contributed by atoms with van der Waals surface area (Å²) in [4.78, 5) is 11.9. The Bertz CT molecular complexity index is 706. The molecule has 1 aromatic heterocycles. The molecule has 4 nitrogen and oxygen atoms in total. The molecule has 2 aliphatic heterocycles. The van der Waals surface area contributed by atoms with E-state index in [0.29, 0.717) is 6.04 Å². The van der Waals surface area contributed by atoms with Crippen molar-refractivity contribution in [3.8, 4) is 0 Å². The van der Waals surface area contributed by atoms with Gasteiger partial charge in [0.2, 0.25) is 0 Å². The van der Waals surface area contributed by atoms with Crippen LogP contribution in [0.15, 0.2) is 42.7 Å². The smallest absolute Gasteiger partial charge is 0.0595 e. The van der Waals surface area contributed by atoms with E-state index in [1.165, 1.54) is 22.4 Å². The quantitative estimate of drug-likeness (QED) is 0.866. The first-order valence-electron chi connectivity index (χ1n) is 8.86. The molecule has 126 valence electrons. The third-order valence-electron chi connectivity index (χ3n) is 5.46. The van der Waals surface area contributed by atoms with E-state index in [2.05, 4.69) is 64.1 Å². The number of benzene rings is 1. The van der Waals surface area contributed by atoms with E-state index in [1.807, 2.05) is 12.4 Å². The Morgan fingerprint density at radius 1 is 1.04 bits per heavy atom. The highest BCUT2D eigenvalue weighted by Crippen LogP contribution is 2.38. The standard InChI is InChI=1S/C20H26N4/c1-22-7-9-24(10-8-22)15-16-11-18(14-21-13-16)20-12-17-5-3-4-6-19(17)23(20)2/h3-6,11,13-14,20H,7-10,12,15H2,1-2H3. The second-order valence-corrected chi connectivity index (χ2v) is 7.17. The van der Waals surface area contributed by atoms with E-state index < -0.39 is 0 Å². The van der Waals surface area contributed by atoms with Gasteiger partial charge in [0, 0.05) is 57.9 Å². The summed E-state index contributed by atoms with van der Waals surface area (Å²) in [5, 5.41) is 0. The van der Waals surface area contributed by atoms with Gasteiger partial charge in [-0.3, -0.25) is 9.88 Å². The highest BCUT2D eigenvalue weighted by molar-refractivity contribution is 5.60. The maximum Gasteiger partial charge on any atom is 0.0595 e. The molecule has 4 rings (SSSR count). The van der Waals surface area contributed by atoms with Crippen molar-refractivity contribution in [1.82, 2.24) is 14.8 Å². The lowest BCUT2D eigenvalue weighted by atomic mass is 10.0. The molecule has 4 heteroatoms. The van der Waals surface area contributed by atoms with Gasteiger partial charge in [-0.2, -0.15) is 0 Å². The number of hydrogen-bond acceptors (Lipinski definition) is 4. The molecule has 1 unspecified atom stereocenters. The molecule has 0 amide bonds. The van der Waals surface area contributed by atoms with Crippen molar-refractivity contribution in [2.45, 2.75) is 19.0 Å². The lowest BCUT2D eigenvalue weighted by molar-refractivity contribution is 0.148. The first-order valence-corrected chi connectivity index (χ1v) is 8.86. The SMILES string of the molecule is CN1CCN(Cc2cncc(C3Cc4ccccc4N3C)c2)CC1. The van der Waals surface area contributed by atoms with Crippen LogP contribution in [0, 0.1) is 0 Å². The Kier molecular flexibility index (Phi) is 4.25. The molecule has 24 heavy (non-hydrogen) atoms. The van der Waals surface area contributed by atoms with Gasteiger partial charge in [0.05, 0.1) is 6.04 Å². The average Bonchev–Trinajstić information content (AvgIpc) is 2.95. The van der Waals surface area contributed by atoms with Gasteiger partial charge in [-0.05, 0) is 42.3 Å². The van der Waals surface area contributed by atoms with Crippen LogP contribution in [0.25, 0.3) is 0 Å². The number of nitrogens with zero attached hydrogens (tertiary/aromatic N) is 4. The number of anilines is 1. The fraction of sp³-hybridized carbons (Fsp3) is 0.450. The van der Waals surface area contributed by atoms with Crippen LogP contribution in [0.5, 0.6) is 0 Å². The topological polar surface area (TPSA) is 22.6 Å². The molecule has 1 atom stereocenters. The molecule has 1 aromatic carbocycles. The molecule has 0 saturated carbocycles. The van der Waals surface area contributed by atoms with Gasteiger partial charge in [0.15, 0.2) is 0 Å². The van der Waals surface area contributed by atoms with E-state index in [0.717, 1.165) is 39.1 Å². The van der Waals surface area contributed by atoms with Crippen LogP contribution >= 0.6 is 0 Å². The summed E-state index contributed by atoms with van der Waals surface area (Å²) in [6.45, 7) is 5.63. The summed E-state index contributed by atoms with van der Waals surface area (Å²) in [5.74, 6) is 0. The lowest BCUT2D eigenvalue weighted by Gasteiger charge is -2.32. The van der Waals surface area contributed by atoms with Crippen LogP contribution in [-0.4, -0.2) is 55.1 Å². The summed E-state index contributed by atoms with van der Waals surface area (Å²) < 4.78 is 0. The number of rotatable bonds is 3. The van der Waals surface area contributed by atoms with Crippen LogP contribution < -0.4 is 4.90 Å². The maximum absolute atomic E-state index is 4.54. The Morgan fingerprint density at radius 2 is 1.83 bits per heavy atom. The first kappa shape index (κ1) is 15.6. The second kappa shape index (κ2) is 6.54. The minimum Gasteiger partial charge on any atom is -0.367 e. The van der Waals surface area contributed by atoms with Crippen molar-refractivity contribution in [3.63, 3.8) is 0 Å². The molecule has 0 spiro atoms. The van der Waals surface area contributed by atoms with Gasteiger partial charge < -0.3 is 9.80 Å². The fourth-order valence-electron chi connectivity index (χ4n) is 3.92. The molecule has 2 aliphatic rings. The predicted octanol–water partition coefficient (Wildman–Crippen LogP) is 2.56. The summed E-state index contributed by atoms with van der Waals surface area (Å²) >= 11 is 0. The molecule has 0 N–H and O–H groups in total. The summed E-state index contributed by atoms with van der Waals surface area (Å²) in [5.41, 5.74) is 5.46. The fourth-order valence-corrected chi connectivity index (χ4v) is 3.92. The first-order chi connectivity index (χ1) is 11.7. The molecule has 0 aliphatic carbocycles. The predicted molar refractivity (Wildman–Crippen MR) is 98.3 cm³/mol. The van der Waals surface area contributed by atoms with Gasteiger partial charge in [-0.15, -0.1) is 0 Å². The lowest BCUT2D eigenvalue weighted by Crippen LogP contribution is -2.43. The number of hydrogen-bond donors (Lipinski definition) is 0. The van der Waals surface area contributed by atoms with Gasteiger partial charge in [-0.25, -0.2) is 0 Å². The van der Waals surface area contributed by atoms with Gasteiger partial charge in [0.1, 0.15) is 0 Å². The summed E-state index contributed by atoms with van der Waals surface area (Å²) in [6.07, 6.45) is 5.15. The van der Waals surface area contributed by atoms with Gasteiger partial charge in [-0.1, -0.05) is 18.2 Å². The normalized spacial score (nSPS) is 21.9. The summed E-state index contributed by atoms with van der Waals surface area (Å²) in [6, 6.07) is 11.5. The Balaban J connectivity index is 1.49. The minimum atomic E-state index is 0.405. The number of fused-ring (bicyclic) bond motifs is 1. The molecular formula is C20H26N4. The van der Waals surface area contributed by atoms with Crippen LogP contribution in [0.2, 0.25) is 0 Å². The van der Waals surface area contributed by atoms with Crippen molar-refractivity contribution in [2.24, 2.45) is 0 Å². The van der Waals surface area contributed by atoms with E-state index in [4.69, 9.17) is 0 Å². The monoisotopic (exact) mass is 322 g/mol. The van der Waals surface area contributed by atoms with E-state index in [-0.39, 0.29) is 0 Å². The largest absolute Gasteiger partial charge is 0.367 e. The Morgan fingerprint density at radius 3 is 2.62 bits per heavy atom. The van der Waals surface area contributed by atoms with Gasteiger partial charge in [0.25, 0.3) is 0 Å². The third-order valence-corrected chi connectivity index (χ3v) is 5.46. The van der Waals surface area contributed by atoms with Crippen LogP contribution in [0.1, 0.15) is 22.7 Å². The highest BCUT2D eigenvalue weighted by Gasteiger charge is 2.27. The second-order valence-electron chi connectivity index (χ2n) is 7.17. The van der Waals surface area contributed by atoms with E-state index in [9.17, 15) is 0 Å². The number of pyridine rings is 1. The number of piperazine rings is 1. The van der Waals surface area contributed by atoms with Crippen molar-refractivity contribution in [2.75, 3.05) is 45.2 Å². The zero-order valence-electron chi connectivity index (χ0n) is 14.7. The maximum atomic E-state index is 4.54. The van der Waals surface area contributed by atoms with Crippen molar-refractivity contribution < 1.29 is 0 Å². The van der Waals surface area contributed by atoms with Crippen molar-refractivity contribution in [3.05, 3.63) is 59.4 Å². The number of aromatic nitrogens is 1. The van der Waals surface area contributed by atoms with E-state index >= 15 is 0 Å². The molecule has 0 radical (unpaired) electrons. The zero-order chi connectivity index (χ0) is 16.5.